The number of carbonyl (C=O) groups excluding carboxylic acids is 1. The van der Waals surface area contributed by atoms with Crippen molar-refractivity contribution in [1.82, 2.24) is 9.88 Å². The van der Waals surface area contributed by atoms with Crippen LogP contribution in [-0.2, 0) is 6.54 Å². The predicted molar refractivity (Wildman–Crippen MR) is 76.7 cm³/mol. The fourth-order valence-electron chi connectivity index (χ4n) is 2.59. The highest BCUT2D eigenvalue weighted by atomic mass is 79.9. The van der Waals surface area contributed by atoms with Crippen molar-refractivity contribution in [3.63, 3.8) is 0 Å². The summed E-state index contributed by atoms with van der Waals surface area (Å²) in [5.41, 5.74) is 0.753. The Morgan fingerprint density at radius 2 is 2.11 bits per heavy atom. The van der Waals surface area contributed by atoms with Gasteiger partial charge in [0.1, 0.15) is 5.69 Å². The standard InChI is InChI=1S/C14H21BrN2O/c1-3-17-9-11(15)8-13(17)14(18)16-12-6-4-10(2)5-7-12/h8-10,12H,3-7H2,1-2H3,(H,16,18). The van der Waals surface area contributed by atoms with Gasteiger partial charge in [0.25, 0.3) is 5.91 Å². The largest absolute Gasteiger partial charge is 0.348 e. The number of rotatable bonds is 3. The van der Waals surface area contributed by atoms with Crippen LogP contribution < -0.4 is 5.32 Å². The smallest absolute Gasteiger partial charge is 0.268 e. The molecule has 3 nitrogen and oxygen atoms in total. The van der Waals surface area contributed by atoms with Gasteiger partial charge in [-0.1, -0.05) is 6.92 Å². The van der Waals surface area contributed by atoms with Crippen LogP contribution in [0.3, 0.4) is 0 Å². The Balaban J connectivity index is 1.99. The maximum absolute atomic E-state index is 12.2. The lowest BCUT2D eigenvalue weighted by atomic mass is 9.87. The van der Waals surface area contributed by atoms with Gasteiger partial charge in [-0.25, -0.2) is 0 Å². The van der Waals surface area contributed by atoms with Gasteiger partial charge < -0.3 is 9.88 Å². The molecule has 18 heavy (non-hydrogen) atoms. The van der Waals surface area contributed by atoms with E-state index in [1.54, 1.807) is 0 Å². The molecule has 1 aromatic rings. The van der Waals surface area contributed by atoms with Crippen LogP contribution >= 0.6 is 15.9 Å². The Morgan fingerprint density at radius 1 is 1.44 bits per heavy atom. The maximum Gasteiger partial charge on any atom is 0.268 e. The predicted octanol–water partition coefficient (Wildman–Crippen LogP) is 3.58. The molecule has 1 aliphatic carbocycles. The molecule has 0 aromatic carbocycles. The molecule has 1 saturated carbocycles. The number of nitrogens with zero attached hydrogens (tertiary/aromatic N) is 1. The molecule has 100 valence electrons. The lowest BCUT2D eigenvalue weighted by molar-refractivity contribution is 0.0913. The number of hydrogen-bond donors (Lipinski definition) is 1. The number of aryl methyl sites for hydroxylation is 1. The van der Waals surface area contributed by atoms with Crippen molar-refractivity contribution in [2.24, 2.45) is 5.92 Å². The quantitative estimate of drug-likeness (QED) is 0.909. The first-order chi connectivity index (χ1) is 8.60. The maximum atomic E-state index is 12.2. The van der Waals surface area contributed by atoms with Crippen LogP contribution in [0.2, 0.25) is 0 Å². The zero-order chi connectivity index (χ0) is 13.1. The minimum absolute atomic E-state index is 0.0575. The van der Waals surface area contributed by atoms with Gasteiger partial charge in [0.2, 0.25) is 0 Å². The Labute approximate surface area is 117 Å². The summed E-state index contributed by atoms with van der Waals surface area (Å²) in [6.07, 6.45) is 6.63. The summed E-state index contributed by atoms with van der Waals surface area (Å²) in [4.78, 5) is 12.2. The summed E-state index contributed by atoms with van der Waals surface area (Å²) in [6, 6.07) is 2.25. The van der Waals surface area contributed by atoms with Crippen molar-refractivity contribution in [3.8, 4) is 0 Å². The van der Waals surface area contributed by atoms with Crippen LogP contribution in [0.4, 0.5) is 0 Å². The minimum atomic E-state index is 0.0575. The summed E-state index contributed by atoms with van der Waals surface area (Å²) < 4.78 is 2.94. The second-order valence-corrected chi connectivity index (χ2v) is 6.18. The van der Waals surface area contributed by atoms with E-state index in [2.05, 4.69) is 28.2 Å². The topological polar surface area (TPSA) is 34.0 Å². The highest BCUT2D eigenvalue weighted by Gasteiger charge is 2.21. The van der Waals surface area contributed by atoms with Crippen LogP contribution in [0.15, 0.2) is 16.7 Å². The molecule has 1 fully saturated rings. The fraction of sp³-hybridized carbons (Fsp3) is 0.643. The average Bonchev–Trinajstić information content (AvgIpc) is 2.73. The lowest BCUT2D eigenvalue weighted by Gasteiger charge is -2.27. The van der Waals surface area contributed by atoms with E-state index in [-0.39, 0.29) is 5.91 Å². The van der Waals surface area contributed by atoms with Gasteiger partial charge >= 0.3 is 0 Å². The van der Waals surface area contributed by atoms with Crippen LogP contribution in [0.5, 0.6) is 0 Å². The summed E-state index contributed by atoms with van der Waals surface area (Å²) in [5, 5.41) is 3.16. The molecule has 0 aliphatic heterocycles. The van der Waals surface area contributed by atoms with Crippen LogP contribution in [0.25, 0.3) is 0 Å². The molecule has 0 radical (unpaired) electrons. The van der Waals surface area contributed by atoms with Gasteiger partial charge in [0, 0.05) is 23.3 Å². The Bertz CT molecular complexity index is 419. The van der Waals surface area contributed by atoms with E-state index in [0.29, 0.717) is 6.04 Å². The van der Waals surface area contributed by atoms with E-state index in [1.807, 2.05) is 23.8 Å². The van der Waals surface area contributed by atoms with Crippen molar-refractivity contribution in [2.75, 3.05) is 0 Å². The van der Waals surface area contributed by atoms with Gasteiger partial charge in [-0.3, -0.25) is 4.79 Å². The molecule has 1 aliphatic rings. The highest BCUT2D eigenvalue weighted by molar-refractivity contribution is 9.10. The van der Waals surface area contributed by atoms with Crippen LogP contribution in [-0.4, -0.2) is 16.5 Å². The summed E-state index contributed by atoms with van der Waals surface area (Å²) >= 11 is 3.42. The SMILES string of the molecule is CCn1cc(Br)cc1C(=O)NC1CCC(C)CC1. The molecular weight excluding hydrogens is 292 g/mol. The minimum Gasteiger partial charge on any atom is -0.348 e. The van der Waals surface area contributed by atoms with E-state index in [4.69, 9.17) is 0 Å². The van der Waals surface area contributed by atoms with Crippen molar-refractivity contribution in [3.05, 3.63) is 22.4 Å². The molecule has 1 aromatic heterocycles. The third kappa shape index (κ3) is 3.16. The Hall–Kier alpha value is -0.770. The second kappa shape index (κ2) is 5.91. The third-order valence-electron chi connectivity index (χ3n) is 3.79. The van der Waals surface area contributed by atoms with Crippen molar-refractivity contribution in [1.29, 1.82) is 0 Å². The van der Waals surface area contributed by atoms with E-state index in [1.165, 1.54) is 12.8 Å². The number of aromatic nitrogens is 1. The first-order valence-corrected chi connectivity index (χ1v) is 7.56. The van der Waals surface area contributed by atoms with E-state index in [0.717, 1.165) is 35.5 Å². The fourth-order valence-corrected chi connectivity index (χ4v) is 3.05. The second-order valence-electron chi connectivity index (χ2n) is 5.26. The van der Waals surface area contributed by atoms with Gasteiger partial charge in [0.15, 0.2) is 0 Å². The Morgan fingerprint density at radius 3 is 2.72 bits per heavy atom. The molecule has 2 rings (SSSR count). The zero-order valence-electron chi connectivity index (χ0n) is 11.1. The van der Waals surface area contributed by atoms with Crippen LogP contribution in [0, 0.1) is 5.92 Å². The van der Waals surface area contributed by atoms with Gasteiger partial charge in [0.05, 0.1) is 0 Å². The first-order valence-electron chi connectivity index (χ1n) is 6.76. The number of halogens is 1. The summed E-state index contributed by atoms with van der Waals surface area (Å²) in [6.45, 7) is 5.15. The zero-order valence-corrected chi connectivity index (χ0v) is 12.7. The third-order valence-corrected chi connectivity index (χ3v) is 4.22. The Kier molecular flexibility index (Phi) is 4.49. The molecule has 0 atom stereocenters. The van der Waals surface area contributed by atoms with Crippen molar-refractivity contribution in [2.45, 2.75) is 52.1 Å². The lowest BCUT2D eigenvalue weighted by Crippen LogP contribution is -2.38. The summed E-state index contributed by atoms with van der Waals surface area (Å²) in [7, 11) is 0. The molecule has 1 N–H and O–H groups in total. The van der Waals surface area contributed by atoms with Crippen molar-refractivity contribution < 1.29 is 4.79 Å². The van der Waals surface area contributed by atoms with E-state index < -0.39 is 0 Å². The van der Waals surface area contributed by atoms with Gasteiger partial charge in [-0.2, -0.15) is 0 Å². The highest BCUT2D eigenvalue weighted by Crippen LogP contribution is 2.24. The van der Waals surface area contributed by atoms with Gasteiger partial charge in [-0.05, 0) is 60.5 Å². The molecule has 1 heterocycles. The van der Waals surface area contributed by atoms with Crippen LogP contribution in [0.1, 0.15) is 50.0 Å². The number of nitrogens with one attached hydrogen (secondary N) is 1. The molecule has 0 unspecified atom stereocenters. The molecular formula is C14H21BrN2O. The molecule has 0 spiro atoms. The van der Waals surface area contributed by atoms with Crippen molar-refractivity contribution >= 4 is 21.8 Å². The first kappa shape index (κ1) is 13.7. The molecule has 1 amide bonds. The molecule has 0 bridgehead atoms. The average molecular weight is 313 g/mol. The monoisotopic (exact) mass is 312 g/mol. The van der Waals surface area contributed by atoms with Gasteiger partial charge in [-0.15, -0.1) is 0 Å². The molecule has 0 saturated heterocycles. The van der Waals surface area contributed by atoms with E-state index >= 15 is 0 Å². The van der Waals surface area contributed by atoms with E-state index in [9.17, 15) is 4.79 Å². The number of hydrogen-bond acceptors (Lipinski definition) is 1. The number of amides is 1. The number of carbonyl (C=O) groups is 1. The molecule has 4 heteroatoms. The summed E-state index contributed by atoms with van der Waals surface area (Å²) in [5.74, 6) is 0.869. The normalized spacial score (nSPS) is 23.9.